The molecule has 2 N–H and O–H groups in total. The molecule has 0 aromatic heterocycles. The van der Waals surface area contributed by atoms with Crippen molar-refractivity contribution in [1.82, 2.24) is 10.6 Å². The molecule has 4 heteroatoms. The largest absolute Gasteiger partial charge is 0.356 e. The van der Waals surface area contributed by atoms with Gasteiger partial charge in [0.25, 0.3) is 0 Å². The van der Waals surface area contributed by atoms with Crippen LogP contribution in [0.25, 0.3) is 0 Å². The van der Waals surface area contributed by atoms with E-state index in [0.29, 0.717) is 19.0 Å². The van der Waals surface area contributed by atoms with Crippen LogP contribution in [0, 0.1) is 0 Å². The van der Waals surface area contributed by atoms with Gasteiger partial charge in [-0.2, -0.15) is 0 Å². The molecule has 0 radical (unpaired) electrons. The molecule has 0 spiro atoms. The molecule has 1 rings (SSSR count). The predicted octanol–water partition coefficient (Wildman–Crippen LogP) is 1.35. The van der Waals surface area contributed by atoms with Crippen LogP contribution in [0.1, 0.15) is 51.9 Å². The molecule has 0 saturated heterocycles. The zero-order valence-electron chi connectivity index (χ0n) is 10.1. The summed E-state index contributed by atoms with van der Waals surface area (Å²) in [7, 11) is 0. The normalized spacial score (nSPS) is 17.6. The Kier molecular flexibility index (Phi) is 5.90. The smallest absolute Gasteiger partial charge is 0.221 e. The lowest BCUT2D eigenvalue weighted by molar-refractivity contribution is -0.122. The van der Waals surface area contributed by atoms with Crippen molar-refractivity contribution in [3.05, 3.63) is 0 Å². The number of amides is 2. The molecule has 1 fully saturated rings. The van der Waals surface area contributed by atoms with Gasteiger partial charge in [0, 0.05) is 25.9 Å². The van der Waals surface area contributed by atoms with Crippen molar-refractivity contribution in [2.24, 2.45) is 0 Å². The quantitative estimate of drug-likeness (QED) is 0.711. The first kappa shape index (κ1) is 13.0. The Morgan fingerprint density at radius 2 is 1.75 bits per heavy atom. The molecular formula is C12H22N2O2. The lowest BCUT2D eigenvalue weighted by Crippen LogP contribution is -2.36. The summed E-state index contributed by atoms with van der Waals surface area (Å²) >= 11 is 0. The van der Waals surface area contributed by atoms with Gasteiger partial charge in [-0.25, -0.2) is 0 Å². The van der Waals surface area contributed by atoms with Gasteiger partial charge in [-0.15, -0.1) is 0 Å². The standard InChI is InChI=1S/C12H22N2O2/c1-10(15)13-9-8-12(16)14-11-6-4-2-3-5-7-11/h11H,2-9H2,1H3,(H,13,15)(H,14,16). The highest BCUT2D eigenvalue weighted by atomic mass is 16.2. The van der Waals surface area contributed by atoms with Crippen LogP contribution >= 0.6 is 0 Å². The molecule has 4 nitrogen and oxygen atoms in total. The van der Waals surface area contributed by atoms with Crippen LogP contribution in [-0.4, -0.2) is 24.4 Å². The molecule has 1 saturated carbocycles. The van der Waals surface area contributed by atoms with Crippen LogP contribution in [0.2, 0.25) is 0 Å². The first-order valence-corrected chi connectivity index (χ1v) is 6.22. The van der Waals surface area contributed by atoms with Crippen LogP contribution in [0.5, 0.6) is 0 Å². The molecule has 16 heavy (non-hydrogen) atoms. The molecule has 0 unspecified atom stereocenters. The number of carbonyl (C=O) groups is 2. The topological polar surface area (TPSA) is 58.2 Å². The van der Waals surface area contributed by atoms with Crippen LogP contribution in [0.4, 0.5) is 0 Å². The van der Waals surface area contributed by atoms with E-state index in [0.717, 1.165) is 12.8 Å². The molecule has 2 amide bonds. The third kappa shape index (κ3) is 5.73. The van der Waals surface area contributed by atoms with Crippen LogP contribution in [-0.2, 0) is 9.59 Å². The summed E-state index contributed by atoms with van der Waals surface area (Å²) in [5, 5.41) is 5.67. The van der Waals surface area contributed by atoms with Gasteiger partial charge in [-0.05, 0) is 12.8 Å². The second-order valence-corrected chi connectivity index (χ2v) is 4.49. The van der Waals surface area contributed by atoms with E-state index in [4.69, 9.17) is 0 Å². The molecule has 0 heterocycles. The van der Waals surface area contributed by atoms with Gasteiger partial charge in [0.15, 0.2) is 0 Å². The highest BCUT2D eigenvalue weighted by Gasteiger charge is 2.14. The van der Waals surface area contributed by atoms with Gasteiger partial charge in [0.2, 0.25) is 11.8 Å². The van der Waals surface area contributed by atoms with Crippen molar-refractivity contribution in [1.29, 1.82) is 0 Å². The highest BCUT2D eigenvalue weighted by molar-refractivity contribution is 5.78. The van der Waals surface area contributed by atoms with Crippen LogP contribution < -0.4 is 10.6 Å². The maximum absolute atomic E-state index is 11.5. The van der Waals surface area contributed by atoms with Crippen molar-refractivity contribution < 1.29 is 9.59 Å². The fourth-order valence-corrected chi connectivity index (χ4v) is 2.08. The van der Waals surface area contributed by atoms with E-state index in [1.54, 1.807) is 0 Å². The molecule has 0 aliphatic heterocycles. The predicted molar refractivity (Wildman–Crippen MR) is 62.9 cm³/mol. The third-order valence-corrected chi connectivity index (χ3v) is 2.95. The monoisotopic (exact) mass is 226 g/mol. The molecule has 0 aromatic rings. The number of nitrogens with one attached hydrogen (secondary N) is 2. The van der Waals surface area contributed by atoms with E-state index in [1.165, 1.54) is 32.6 Å². The SMILES string of the molecule is CC(=O)NCCC(=O)NC1CCCCCC1. The lowest BCUT2D eigenvalue weighted by atomic mass is 10.1. The minimum atomic E-state index is -0.0812. The maximum atomic E-state index is 11.5. The van der Waals surface area contributed by atoms with Crippen molar-refractivity contribution in [2.75, 3.05) is 6.54 Å². The number of hydrogen-bond acceptors (Lipinski definition) is 2. The number of hydrogen-bond donors (Lipinski definition) is 2. The van der Waals surface area contributed by atoms with Crippen molar-refractivity contribution in [3.63, 3.8) is 0 Å². The van der Waals surface area contributed by atoms with E-state index in [9.17, 15) is 9.59 Å². The average molecular weight is 226 g/mol. The van der Waals surface area contributed by atoms with Crippen LogP contribution in [0.15, 0.2) is 0 Å². The second kappa shape index (κ2) is 7.25. The summed E-state index contributed by atoms with van der Waals surface area (Å²) in [6.45, 7) is 1.90. The second-order valence-electron chi connectivity index (χ2n) is 4.49. The molecule has 1 aliphatic carbocycles. The molecular weight excluding hydrogens is 204 g/mol. The molecule has 1 aliphatic rings. The van der Waals surface area contributed by atoms with Crippen molar-refractivity contribution >= 4 is 11.8 Å². The number of rotatable bonds is 4. The Bertz CT molecular complexity index is 233. The van der Waals surface area contributed by atoms with Gasteiger partial charge < -0.3 is 10.6 Å². The summed E-state index contributed by atoms with van der Waals surface area (Å²) in [6.07, 6.45) is 7.61. The molecule has 0 aromatic carbocycles. The summed E-state index contributed by atoms with van der Waals surface area (Å²) in [4.78, 5) is 22.2. The van der Waals surface area contributed by atoms with E-state index >= 15 is 0 Å². The fraction of sp³-hybridized carbons (Fsp3) is 0.833. The number of carbonyl (C=O) groups excluding carboxylic acids is 2. The first-order chi connectivity index (χ1) is 7.68. The van der Waals surface area contributed by atoms with E-state index in [-0.39, 0.29) is 11.8 Å². The minimum Gasteiger partial charge on any atom is -0.356 e. The van der Waals surface area contributed by atoms with Gasteiger partial charge in [-0.3, -0.25) is 9.59 Å². The van der Waals surface area contributed by atoms with Gasteiger partial charge >= 0.3 is 0 Å². The lowest BCUT2D eigenvalue weighted by Gasteiger charge is -2.16. The van der Waals surface area contributed by atoms with Gasteiger partial charge in [0.05, 0.1) is 0 Å². The summed E-state index contributed by atoms with van der Waals surface area (Å²) in [5.74, 6) is -0.0251. The molecule has 0 atom stereocenters. The van der Waals surface area contributed by atoms with E-state index in [2.05, 4.69) is 10.6 Å². The Hall–Kier alpha value is -1.06. The highest BCUT2D eigenvalue weighted by Crippen LogP contribution is 2.17. The third-order valence-electron chi connectivity index (χ3n) is 2.95. The van der Waals surface area contributed by atoms with E-state index in [1.807, 2.05) is 0 Å². The fourth-order valence-electron chi connectivity index (χ4n) is 2.08. The zero-order valence-corrected chi connectivity index (χ0v) is 10.1. The summed E-state index contributed by atoms with van der Waals surface area (Å²) in [6, 6.07) is 0.354. The summed E-state index contributed by atoms with van der Waals surface area (Å²) < 4.78 is 0. The van der Waals surface area contributed by atoms with Crippen LogP contribution in [0.3, 0.4) is 0 Å². The summed E-state index contributed by atoms with van der Waals surface area (Å²) in [5.41, 5.74) is 0. The molecule has 0 bridgehead atoms. The average Bonchev–Trinajstić information content (AvgIpc) is 2.45. The zero-order chi connectivity index (χ0) is 11.8. The van der Waals surface area contributed by atoms with Gasteiger partial charge in [0.1, 0.15) is 0 Å². The Labute approximate surface area is 97.2 Å². The van der Waals surface area contributed by atoms with Crippen molar-refractivity contribution in [2.45, 2.75) is 57.9 Å². The van der Waals surface area contributed by atoms with E-state index < -0.39 is 0 Å². The van der Waals surface area contributed by atoms with Crippen molar-refractivity contribution in [3.8, 4) is 0 Å². The Morgan fingerprint density at radius 1 is 1.12 bits per heavy atom. The molecule has 92 valence electrons. The maximum Gasteiger partial charge on any atom is 0.221 e. The Morgan fingerprint density at radius 3 is 2.31 bits per heavy atom. The minimum absolute atomic E-state index is 0.0562. The Balaban J connectivity index is 2.14. The first-order valence-electron chi connectivity index (χ1n) is 6.22. The van der Waals surface area contributed by atoms with Gasteiger partial charge in [-0.1, -0.05) is 25.7 Å².